The predicted octanol–water partition coefficient (Wildman–Crippen LogP) is 1.17. The second kappa shape index (κ2) is 6.41. The van der Waals surface area contributed by atoms with E-state index in [0.717, 1.165) is 38.5 Å². The first-order valence-corrected chi connectivity index (χ1v) is 7.40. The van der Waals surface area contributed by atoms with Gasteiger partial charge in [-0.3, -0.25) is 15.4 Å². The van der Waals surface area contributed by atoms with Crippen LogP contribution in [-0.4, -0.2) is 46.5 Å². The minimum absolute atomic E-state index is 0.101. The number of hydrogen-bond acceptors (Lipinski definition) is 5. The molecule has 6 nitrogen and oxygen atoms in total. The van der Waals surface area contributed by atoms with Crippen LogP contribution in [0.15, 0.2) is 6.20 Å². The molecule has 0 spiro atoms. The average Bonchev–Trinajstić information content (AvgIpc) is 2.82. The number of morpholine rings is 1. The molecule has 0 aliphatic carbocycles. The summed E-state index contributed by atoms with van der Waals surface area (Å²) in [6, 6.07) is -0.101. The normalized spacial score (nSPS) is 19.2. The van der Waals surface area contributed by atoms with Crippen LogP contribution in [-0.2, 0) is 11.3 Å². The maximum Gasteiger partial charge on any atom is 0.0835 e. The third-order valence-electron chi connectivity index (χ3n) is 4.11. The summed E-state index contributed by atoms with van der Waals surface area (Å²) in [4.78, 5) is 2.38. The van der Waals surface area contributed by atoms with Crippen molar-refractivity contribution in [1.82, 2.24) is 20.1 Å². The molecule has 1 fully saturated rings. The standard InChI is InChI=1S/C13H24ClN5O/c1-4-19-11(10(14)9-16-19)12(17-15)13(2,3)18-5-7-20-8-6-18/h9,12,17H,4-8,15H2,1-3H3. The molecule has 1 unspecified atom stereocenters. The van der Waals surface area contributed by atoms with E-state index in [4.69, 9.17) is 22.2 Å². The van der Waals surface area contributed by atoms with Crippen molar-refractivity contribution in [2.24, 2.45) is 5.84 Å². The summed E-state index contributed by atoms with van der Waals surface area (Å²) in [6.45, 7) is 10.4. The van der Waals surface area contributed by atoms with Gasteiger partial charge in [0.15, 0.2) is 0 Å². The highest BCUT2D eigenvalue weighted by atomic mass is 35.5. The molecule has 0 saturated carbocycles. The van der Waals surface area contributed by atoms with Crippen molar-refractivity contribution in [2.75, 3.05) is 26.3 Å². The zero-order valence-corrected chi connectivity index (χ0v) is 13.2. The van der Waals surface area contributed by atoms with Crippen molar-refractivity contribution in [3.63, 3.8) is 0 Å². The number of rotatable bonds is 5. The number of aryl methyl sites for hydroxylation is 1. The molecule has 0 radical (unpaired) electrons. The summed E-state index contributed by atoms with van der Waals surface area (Å²) in [5.74, 6) is 5.84. The number of aromatic nitrogens is 2. The number of ether oxygens (including phenoxy) is 1. The fourth-order valence-corrected chi connectivity index (χ4v) is 3.10. The molecule has 0 amide bonds. The van der Waals surface area contributed by atoms with Crippen LogP contribution < -0.4 is 11.3 Å². The van der Waals surface area contributed by atoms with Crippen LogP contribution in [0.2, 0.25) is 5.02 Å². The lowest BCUT2D eigenvalue weighted by molar-refractivity contribution is -0.0249. The first-order chi connectivity index (χ1) is 9.52. The second-order valence-corrected chi connectivity index (χ2v) is 5.95. The summed E-state index contributed by atoms with van der Waals surface area (Å²) < 4.78 is 7.33. The summed E-state index contributed by atoms with van der Waals surface area (Å²) in [5.41, 5.74) is 3.68. The van der Waals surface area contributed by atoms with Crippen LogP contribution in [0.4, 0.5) is 0 Å². The quantitative estimate of drug-likeness (QED) is 0.631. The first-order valence-electron chi connectivity index (χ1n) is 7.02. The molecule has 1 aromatic rings. The third kappa shape index (κ3) is 2.84. The van der Waals surface area contributed by atoms with Crippen LogP contribution in [0.3, 0.4) is 0 Å². The van der Waals surface area contributed by atoms with Gasteiger partial charge < -0.3 is 4.74 Å². The Morgan fingerprint density at radius 1 is 1.50 bits per heavy atom. The lowest BCUT2D eigenvalue weighted by Crippen LogP contribution is -2.57. The van der Waals surface area contributed by atoms with E-state index in [2.05, 4.69) is 29.3 Å². The molecular weight excluding hydrogens is 278 g/mol. The second-order valence-electron chi connectivity index (χ2n) is 5.55. The predicted molar refractivity (Wildman–Crippen MR) is 79.4 cm³/mol. The largest absolute Gasteiger partial charge is 0.379 e. The van der Waals surface area contributed by atoms with Crippen LogP contribution in [0.5, 0.6) is 0 Å². The maximum atomic E-state index is 6.32. The topological polar surface area (TPSA) is 68.3 Å². The van der Waals surface area contributed by atoms with Gasteiger partial charge in [0.25, 0.3) is 0 Å². The van der Waals surface area contributed by atoms with Gasteiger partial charge in [0.2, 0.25) is 0 Å². The highest BCUT2D eigenvalue weighted by Gasteiger charge is 2.39. The van der Waals surface area contributed by atoms with E-state index >= 15 is 0 Å². The summed E-state index contributed by atoms with van der Waals surface area (Å²) >= 11 is 6.32. The Kier molecular flexibility index (Phi) is 5.04. The monoisotopic (exact) mass is 301 g/mol. The van der Waals surface area contributed by atoms with Gasteiger partial charge in [0, 0.05) is 25.2 Å². The molecule has 1 aromatic heterocycles. The van der Waals surface area contributed by atoms with Gasteiger partial charge in [-0.25, -0.2) is 5.43 Å². The molecule has 1 saturated heterocycles. The molecule has 7 heteroatoms. The molecule has 1 aliphatic rings. The molecule has 1 aliphatic heterocycles. The van der Waals surface area contributed by atoms with E-state index in [1.807, 2.05) is 11.6 Å². The van der Waals surface area contributed by atoms with Crippen molar-refractivity contribution in [3.05, 3.63) is 16.9 Å². The first kappa shape index (κ1) is 15.7. The Morgan fingerprint density at radius 3 is 2.70 bits per heavy atom. The van der Waals surface area contributed by atoms with Crippen LogP contribution in [0, 0.1) is 0 Å². The van der Waals surface area contributed by atoms with Gasteiger partial charge in [-0.2, -0.15) is 5.10 Å². The van der Waals surface area contributed by atoms with E-state index in [0.29, 0.717) is 5.02 Å². The molecule has 2 heterocycles. The average molecular weight is 302 g/mol. The maximum absolute atomic E-state index is 6.32. The molecule has 0 bridgehead atoms. The Bertz CT molecular complexity index is 442. The van der Waals surface area contributed by atoms with Crippen molar-refractivity contribution < 1.29 is 4.74 Å². The number of halogens is 1. The molecule has 1 atom stereocenters. The molecule has 20 heavy (non-hydrogen) atoms. The summed E-state index contributed by atoms with van der Waals surface area (Å²) in [6.07, 6.45) is 1.68. The summed E-state index contributed by atoms with van der Waals surface area (Å²) in [5, 5.41) is 4.96. The fraction of sp³-hybridized carbons (Fsp3) is 0.769. The molecule has 2 rings (SSSR count). The highest BCUT2D eigenvalue weighted by Crippen LogP contribution is 2.34. The van der Waals surface area contributed by atoms with E-state index in [1.54, 1.807) is 6.20 Å². The lowest BCUT2D eigenvalue weighted by Gasteiger charge is -2.45. The zero-order chi connectivity index (χ0) is 14.8. The van der Waals surface area contributed by atoms with Crippen LogP contribution in [0.1, 0.15) is 32.5 Å². The number of nitrogens with one attached hydrogen (secondary N) is 1. The van der Waals surface area contributed by atoms with Gasteiger partial charge in [-0.15, -0.1) is 0 Å². The van der Waals surface area contributed by atoms with E-state index < -0.39 is 0 Å². The molecular formula is C13H24ClN5O. The van der Waals surface area contributed by atoms with E-state index in [-0.39, 0.29) is 11.6 Å². The van der Waals surface area contributed by atoms with Gasteiger partial charge in [-0.05, 0) is 20.8 Å². The number of hydrogen-bond donors (Lipinski definition) is 2. The van der Waals surface area contributed by atoms with E-state index in [1.165, 1.54) is 0 Å². The molecule has 3 N–H and O–H groups in total. The Morgan fingerprint density at radius 2 is 2.15 bits per heavy atom. The highest BCUT2D eigenvalue weighted by molar-refractivity contribution is 6.31. The molecule has 114 valence electrons. The van der Waals surface area contributed by atoms with Crippen molar-refractivity contribution in [3.8, 4) is 0 Å². The van der Waals surface area contributed by atoms with Crippen molar-refractivity contribution in [2.45, 2.75) is 38.9 Å². The van der Waals surface area contributed by atoms with Crippen molar-refractivity contribution >= 4 is 11.6 Å². The molecule has 0 aromatic carbocycles. The van der Waals surface area contributed by atoms with E-state index in [9.17, 15) is 0 Å². The van der Waals surface area contributed by atoms with Crippen molar-refractivity contribution in [1.29, 1.82) is 0 Å². The van der Waals surface area contributed by atoms with Crippen LogP contribution in [0.25, 0.3) is 0 Å². The Labute approximate surface area is 125 Å². The summed E-state index contributed by atoms with van der Waals surface area (Å²) in [7, 11) is 0. The van der Waals surface area contributed by atoms with Gasteiger partial charge in [-0.1, -0.05) is 11.6 Å². The minimum atomic E-state index is -0.185. The third-order valence-corrected chi connectivity index (χ3v) is 4.40. The van der Waals surface area contributed by atoms with Gasteiger partial charge in [0.05, 0.1) is 36.2 Å². The minimum Gasteiger partial charge on any atom is -0.379 e. The SMILES string of the molecule is CCn1ncc(Cl)c1C(NN)C(C)(C)N1CCOCC1. The number of nitrogens with zero attached hydrogens (tertiary/aromatic N) is 3. The van der Waals surface area contributed by atoms with Gasteiger partial charge in [0.1, 0.15) is 0 Å². The zero-order valence-electron chi connectivity index (χ0n) is 12.4. The Hall–Kier alpha value is -0.660. The fourth-order valence-electron chi connectivity index (χ4n) is 2.85. The number of nitrogens with two attached hydrogens (primary N) is 1. The van der Waals surface area contributed by atoms with Gasteiger partial charge >= 0.3 is 0 Å². The van der Waals surface area contributed by atoms with Crippen LogP contribution >= 0.6 is 11.6 Å². The lowest BCUT2D eigenvalue weighted by atomic mass is 9.89. The Balaban J connectivity index is 2.32. The smallest absolute Gasteiger partial charge is 0.0835 e. The number of hydrazine groups is 1.